The zero-order chi connectivity index (χ0) is 14.2. The topological polar surface area (TPSA) is 23.5 Å². The third-order valence-electron chi connectivity index (χ3n) is 2.96. The predicted molar refractivity (Wildman–Crippen MR) is 86.1 cm³/mol. The van der Waals surface area contributed by atoms with E-state index in [0.717, 1.165) is 18.0 Å². The van der Waals surface area contributed by atoms with Gasteiger partial charge in [-0.1, -0.05) is 30.0 Å². The number of aliphatic hydroxyl groups is 1. The van der Waals surface area contributed by atoms with E-state index in [1.54, 1.807) is 11.3 Å². The summed E-state index contributed by atoms with van der Waals surface area (Å²) in [5.41, 5.74) is 1.25. The minimum Gasteiger partial charge on any atom is -0.395 e. The predicted octanol–water partition coefficient (Wildman–Crippen LogP) is 3.51. The van der Waals surface area contributed by atoms with Gasteiger partial charge in [-0.2, -0.15) is 0 Å². The van der Waals surface area contributed by atoms with Gasteiger partial charge in [0.2, 0.25) is 0 Å². The van der Waals surface area contributed by atoms with Crippen molar-refractivity contribution >= 4 is 17.0 Å². The molecule has 0 saturated heterocycles. The fraction of sp³-hybridized carbons (Fsp3) is 0.294. The van der Waals surface area contributed by atoms with E-state index < -0.39 is 0 Å². The molecule has 0 fully saturated rings. The van der Waals surface area contributed by atoms with Crippen LogP contribution in [0.15, 0.2) is 42.5 Å². The largest absolute Gasteiger partial charge is 0.395 e. The first-order chi connectivity index (χ1) is 9.83. The molecule has 0 aliphatic carbocycles. The highest BCUT2D eigenvalue weighted by atomic mass is 32.1. The van der Waals surface area contributed by atoms with Crippen LogP contribution >= 0.6 is 11.3 Å². The van der Waals surface area contributed by atoms with Crippen LogP contribution in [-0.4, -0.2) is 18.3 Å². The van der Waals surface area contributed by atoms with Crippen LogP contribution in [0.4, 0.5) is 5.69 Å². The van der Waals surface area contributed by atoms with Gasteiger partial charge in [0.05, 0.1) is 18.0 Å². The molecule has 0 spiro atoms. The van der Waals surface area contributed by atoms with Crippen LogP contribution in [0, 0.1) is 11.8 Å². The number of anilines is 1. The van der Waals surface area contributed by atoms with Crippen LogP contribution in [0.5, 0.6) is 0 Å². The molecule has 3 heteroatoms. The number of benzene rings is 1. The van der Waals surface area contributed by atoms with E-state index in [2.05, 4.69) is 60.1 Å². The molecular formula is C17H19NOS. The zero-order valence-electron chi connectivity index (χ0n) is 11.7. The second-order valence-corrected chi connectivity index (χ2v) is 5.56. The van der Waals surface area contributed by atoms with E-state index in [9.17, 15) is 0 Å². The number of nitrogens with zero attached hydrogens (tertiary/aromatic N) is 1. The standard InChI is InChI=1S/C17H19NOS/c1-2-18(15-8-4-3-5-9-15)14-17-12-11-16(20-17)10-6-7-13-19/h3-5,8-9,11-12,19H,2,7,13-14H2,1H3. The molecule has 0 atom stereocenters. The fourth-order valence-corrected chi connectivity index (χ4v) is 2.85. The Morgan fingerprint density at radius 2 is 1.95 bits per heavy atom. The van der Waals surface area contributed by atoms with Crippen LogP contribution in [0.2, 0.25) is 0 Å². The van der Waals surface area contributed by atoms with Crippen molar-refractivity contribution in [3.05, 3.63) is 52.2 Å². The maximum atomic E-state index is 8.72. The summed E-state index contributed by atoms with van der Waals surface area (Å²) >= 11 is 1.72. The first kappa shape index (κ1) is 14.6. The molecule has 0 amide bonds. The summed E-state index contributed by atoms with van der Waals surface area (Å²) in [5, 5.41) is 8.72. The summed E-state index contributed by atoms with van der Waals surface area (Å²) in [6, 6.07) is 14.6. The van der Waals surface area contributed by atoms with Crippen molar-refractivity contribution in [3.63, 3.8) is 0 Å². The molecule has 0 aliphatic heterocycles. The molecule has 0 saturated carbocycles. The minimum atomic E-state index is 0.128. The van der Waals surface area contributed by atoms with Gasteiger partial charge in [0.1, 0.15) is 0 Å². The lowest BCUT2D eigenvalue weighted by molar-refractivity contribution is 0.305. The number of hydrogen-bond acceptors (Lipinski definition) is 3. The van der Waals surface area contributed by atoms with E-state index in [-0.39, 0.29) is 6.61 Å². The van der Waals surface area contributed by atoms with Crippen molar-refractivity contribution in [2.45, 2.75) is 19.9 Å². The third kappa shape index (κ3) is 4.12. The summed E-state index contributed by atoms with van der Waals surface area (Å²) in [7, 11) is 0. The highest BCUT2D eigenvalue weighted by Gasteiger charge is 2.06. The number of para-hydroxylation sites is 1. The lowest BCUT2D eigenvalue weighted by Crippen LogP contribution is -2.21. The molecule has 0 unspecified atom stereocenters. The maximum Gasteiger partial charge on any atom is 0.0772 e. The molecule has 2 rings (SSSR count). The lowest BCUT2D eigenvalue weighted by Gasteiger charge is -2.22. The van der Waals surface area contributed by atoms with Crippen molar-refractivity contribution in [1.82, 2.24) is 0 Å². The molecule has 0 radical (unpaired) electrons. The normalized spacial score (nSPS) is 9.90. The van der Waals surface area contributed by atoms with Crippen LogP contribution in [0.25, 0.3) is 0 Å². The van der Waals surface area contributed by atoms with Gasteiger partial charge in [-0.3, -0.25) is 0 Å². The van der Waals surface area contributed by atoms with Gasteiger partial charge < -0.3 is 10.0 Å². The van der Waals surface area contributed by atoms with Crippen molar-refractivity contribution in [3.8, 4) is 11.8 Å². The van der Waals surface area contributed by atoms with Gasteiger partial charge in [-0.05, 0) is 31.2 Å². The summed E-state index contributed by atoms with van der Waals surface area (Å²) in [6.45, 7) is 4.19. The molecule has 0 aliphatic rings. The molecule has 1 N–H and O–H groups in total. The average Bonchev–Trinajstić information content (AvgIpc) is 2.93. The second-order valence-electron chi connectivity index (χ2n) is 4.39. The Morgan fingerprint density at radius 3 is 2.65 bits per heavy atom. The van der Waals surface area contributed by atoms with Crippen molar-refractivity contribution in [1.29, 1.82) is 0 Å². The Bertz CT molecular complexity index is 580. The molecule has 1 aromatic carbocycles. The monoisotopic (exact) mass is 285 g/mol. The van der Waals surface area contributed by atoms with Crippen molar-refractivity contribution in [2.24, 2.45) is 0 Å². The molecular weight excluding hydrogens is 266 g/mol. The fourth-order valence-electron chi connectivity index (χ4n) is 1.95. The van der Waals surface area contributed by atoms with Gasteiger partial charge in [-0.25, -0.2) is 0 Å². The molecule has 2 nitrogen and oxygen atoms in total. The number of rotatable bonds is 5. The Balaban J connectivity index is 2.04. The first-order valence-corrected chi connectivity index (χ1v) is 7.63. The van der Waals surface area contributed by atoms with Gasteiger partial charge >= 0.3 is 0 Å². The SMILES string of the molecule is CCN(Cc1ccc(C#CCCO)s1)c1ccccc1. The minimum absolute atomic E-state index is 0.128. The first-order valence-electron chi connectivity index (χ1n) is 6.82. The van der Waals surface area contributed by atoms with Crippen molar-refractivity contribution < 1.29 is 5.11 Å². The van der Waals surface area contributed by atoms with Gasteiger partial charge in [0.25, 0.3) is 0 Å². The van der Waals surface area contributed by atoms with E-state index >= 15 is 0 Å². The lowest BCUT2D eigenvalue weighted by atomic mass is 10.3. The summed E-state index contributed by atoms with van der Waals surface area (Å²) in [4.78, 5) is 4.72. The van der Waals surface area contributed by atoms with Crippen LogP contribution in [0.1, 0.15) is 23.1 Å². The molecule has 0 bridgehead atoms. The van der Waals surface area contributed by atoms with Crippen LogP contribution < -0.4 is 4.90 Å². The molecule has 1 heterocycles. The summed E-state index contributed by atoms with van der Waals surface area (Å²) < 4.78 is 0. The molecule has 20 heavy (non-hydrogen) atoms. The quantitative estimate of drug-likeness (QED) is 0.850. The van der Waals surface area contributed by atoms with Gasteiger partial charge in [-0.15, -0.1) is 11.3 Å². The number of thiophene rings is 1. The Kier molecular flexibility index (Phi) is 5.67. The summed E-state index contributed by atoms with van der Waals surface area (Å²) in [5.74, 6) is 6.05. The number of hydrogen-bond donors (Lipinski definition) is 1. The second kappa shape index (κ2) is 7.74. The third-order valence-corrected chi connectivity index (χ3v) is 3.95. The Hall–Kier alpha value is -1.76. The molecule has 104 valence electrons. The highest BCUT2D eigenvalue weighted by molar-refractivity contribution is 7.12. The van der Waals surface area contributed by atoms with Crippen molar-refractivity contribution in [2.75, 3.05) is 18.1 Å². The number of aliphatic hydroxyl groups excluding tert-OH is 1. The van der Waals surface area contributed by atoms with E-state index in [4.69, 9.17) is 5.11 Å². The Labute approximate surface area is 124 Å². The average molecular weight is 285 g/mol. The Morgan fingerprint density at radius 1 is 1.15 bits per heavy atom. The smallest absolute Gasteiger partial charge is 0.0772 e. The zero-order valence-corrected chi connectivity index (χ0v) is 12.5. The van der Waals surface area contributed by atoms with E-state index in [0.29, 0.717) is 6.42 Å². The maximum absolute atomic E-state index is 8.72. The van der Waals surface area contributed by atoms with E-state index in [1.165, 1.54) is 10.6 Å². The van der Waals surface area contributed by atoms with Gasteiger partial charge in [0.15, 0.2) is 0 Å². The highest BCUT2D eigenvalue weighted by Crippen LogP contribution is 2.21. The van der Waals surface area contributed by atoms with Crippen LogP contribution in [0.3, 0.4) is 0 Å². The molecule has 1 aromatic heterocycles. The van der Waals surface area contributed by atoms with E-state index in [1.807, 2.05) is 6.07 Å². The molecule has 2 aromatic rings. The van der Waals surface area contributed by atoms with Crippen LogP contribution in [-0.2, 0) is 6.54 Å². The van der Waals surface area contributed by atoms with Gasteiger partial charge in [0, 0.05) is 23.5 Å². The summed E-state index contributed by atoms with van der Waals surface area (Å²) in [6.07, 6.45) is 0.540.